The normalized spacial score (nSPS) is 24.9. The van der Waals surface area contributed by atoms with E-state index in [1.54, 1.807) is 0 Å². The summed E-state index contributed by atoms with van der Waals surface area (Å²) in [6.07, 6.45) is 2.53. The van der Waals surface area contributed by atoms with Crippen molar-refractivity contribution in [1.82, 2.24) is 10.2 Å². The van der Waals surface area contributed by atoms with Crippen LogP contribution in [0.25, 0.3) is 0 Å². The molecule has 1 rings (SSSR count). The van der Waals surface area contributed by atoms with Gasteiger partial charge in [0.15, 0.2) is 0 Å². The van der Waals surface area contributed by atoms with Gasteiger partial charge in [0.05, 0.1) is 12.1 Å². The molecular weight excluding hydrogens is 200 g/mol. The molecule has 3 nitrogen and oxygen atoms in total. The number of hydrogen-bond acceptors (Lipinski definition) is 3. The molecule has 0 aromatic heterocycles. The molecule has 0 aromatic rings. The smallest absolute Gasteiger partial charge is 0.0623 e. The molecule has 2 N–H and O–H groups in total. The van der Waals surface area contributed by atoms with Gasteiger partial charge in [0.2, 0.25) is 0 Å². The van der Waals surface area contributed by atoms with E-state index < -0.39 is 0 Å². The Labute approximate surface area is 100 Å². The Morgan fingerprint density at radius 3 is 2.44 bits per heavy atom. The molecular formula is C13H28N2O. The van der Waals surface area contributed by atoms with Crippen LogP contribution in [0.3, 0.4) is 0 Å². The molecule has 1 aliphatic rings. The van der Waals surface area contributed by atoms with Gasteiger partial charge in [-0.3, -0.25) is 4.90 Å². The Hall–Kier alpha value is -0.120. The number of nitrogens with zero attached hydrogens (tertiary/aromatic N) is 1. The zero-order valence-corrected chi connectivity index (χ0v) is 11.5. The minimum atomic E-state index is -0.185. The van der Waals surface area contributed by atoms with Crippen LogP contribution in [0.2, 0.25) is 0 Å². The Kier molecular flexibility index (Phi) is 4.38. The predicted molar refractivity (Wildman–Crippen MR) is 68.6 cm³/mol. The minimum Gasteiger partial charge on any atom is -0.394 e. The number of hydrogen-bond donors (Lipinski definition) is 2. The molecule has 0 aromatic carbocycles. The zero-order chi connectivity index (χ0) is 12.4. The highest BCUT2D eigenvalue weighted by Gasteiger charge is 2.37. The third-order valence-electron chi connectivity index (χ3n) is 3.60. The largest absolute Gasteiger partial charge is 0.394 e. The van der Waals surface area contributed by atoms with Gasteiger partial charge in [-0.25, -0.2) is 0 Å². The van der Waals surface area contributed by atoms with E-state index >= 15 is 0 Å². The molecule has 1 heterocycles. The van der Waals surface area contributed by atoms with Crippen molar-refractivity contribution in [3.05, 3.63) is 0 Å². The van der Waals surface area contributed by atoms with Crippen LogP contribution in [0.4, 0.5) is 0 Å². The van der Waals surface area contributed by atoms with Crippen LogP contribution in [0.5, 0.6) is 0 Å². The fourth-order valence-corrected chi connectivity index (χ4v) is 2.72. The summed E-state index contributed by atoms with van der Waals surface area (Å²) in [4.78, 5) is 2.50. The van der Waals surface area contributed by atoms with Crippen molar-refractivity contribution in [2.75, 3.05) is 19.7 Å². The van der Waals surface area contributed by atoms with Gasteiger partial charge in [-0.05, 0) is 40.2 Å². The van der Waals surface area contributed by atoms with Crippen molar-refractivity contribution in [1.29, 1.82) is 0 Å². The van der Waals surface area contributed by atoms with E-state index in [0.29, 0.717) is 6.04 Å². The van der Waals surface area contributed by atoms with Crippen LogP contribution in [0, 0.1) is 0 Å². The maximum atomic E-state index is 9.58. The Balaban J connectivity index is 2.62. The Morgan fingerprint density at radius 1 is 1.44 bits per heavy atom. The van der Waals surface area contributed by atoms with Crippen LogP contribution in [0.1, 0.15) is 47.5 Å². The lowest BCUT2D eigenvalue weighted by Gasteiger charge is -2.40. The molecule has 0 amide bonds. The molecule has 1 saturated heterocycles. The second-order valence-electron chi connectivity index (χ2n) is 6.36. The molecule has 16 heavy (non-hydrogen) atoms. The van der Waals surface area contributed by atoms with Crippen molar-refractivity contribution < 1.29 is 5.11 Å². The molecule has 96 valence electrons. The topological polar surface area (TPSA) is 35.5 Å². The van der Waals surface area contributed by atoms with Gasteiger partial charge in [-0.1, -0.05) is 13.8 Å². The first-order valence-corrected chi connectivity index (χ1v) is 6.43. The summed E-state index contributed by atoms with van der Waals surface area (Å²) in [7, 11) is 0. The van der Waals surface area contributed by atoms with Gasteiger partial charge < -0.3 is 10.4 Å². The van der Waals surface area contributed by atoms with Crippen molar-refractivity contribution in [3.8, 4) is 0 Å². The number of nitrogens with one attached hydrogen (secondary N) is 1. The van der Waals surface area contributed by atoms with E-state index in [1.807, 2.05) is 0 Å². The van der Waals surface area contributed by atoms with Gasteiger partial charge in [-0.15, -0.1) is 0 Å². The molecule has 1 fully saturated rings. The molecule has 0 bridgehead atoms. The number of rotatable bonds is 5. The lowest BCUT2D eigenvalue weighted by molar-refractivity contribution is 0.0805. The second kappa shape index (κ2) is 5.03. The van der Waals surface area contributed by atoms with Gasteiger partial charge in [0.25, 0.3) is 0 Å². The highest BCUT2D eigenvalue weighted by molar-refractivity contribution is 4.95. The Bertz CT molecular complexity index is 228. The highest BCUT2D eigenvalue weighted by atomic mass is 16.3. The molecule has 0 spiro atoms. The molecule has 0 saturated carbocycles. The molecule has 0 aliphatic carbocycles. The molecule has 3 heteroatoms. The van der Waals surface area contributed by atoms with Crippen LogP contribution in [-0.4, -0.2) is 46.8 Å². The quantitative estimate of drug-likeness (QED) is 0.750. The van der Waals surface area contributed by atoms with Crippen molar-refractivity contribution in [3.63, 3.8) is 0 Å². The fourth-order valence-electron chi connectivity index (χ4n) is 2.72. The number of likely N-dealkylation sites (tertiary alicyclic amines) is 1. The highest BCUT2D eigenvalue weighted by Crippen LogP contribution is 2.29. The summed E-state index contributed by atoms with van der Waals surface area (Å²) in [6, 6.07) is 0.405. The van der Waals surface area contributed by atoms with Crippen molar-refractivity contribution >= 4 is 0 Å². The first-order chi connectivity index (χ1) is 7.29. The number of aliphatic hydroxyl groups excluding tert-OH is 1. The second-order valence-corrected chi connectivity index (χ2v) is 6.36. The standard InChI is InChI=1S/C13H28N2O/c1-11(2)14-13(5,10-16)9-15-8-6-7-12(15,3)4/h11,14,16H,6-10H2,1-5H3. The Morgan fingerprint density at radius 2 is 2.06 bits per heavy atom. The maximum absolute atomic E-state index is 9.58. The molecule has 1 aliphatic heterocycles. The molecule has 1 unspecified atom stereocenters. The minimum absolute atomic E-state index is 0.185. The van der Waals surface area contributed by atoms with Gasteiger partial charge in [0, 0.05) is 18.1 Å². The number of aliphatic hydroxyl groups is 1. The van der Waals surface area contributed by atoms with E-state index in [4.69, 9.17) is 0 Å². The third kappa shape index (κ3) is 3.44. The zero-order valence-electron chi connectivity index (χ0n) is 11.5. The predicted octanol–water partition coefficient (Wildman–Crippen LogP) is 1.61. The van der Waals surface area contributed by atoms with Crippen LogP contribution in [-0.2, 0) is 0 Å². The van der Waals surface area contributed by atoms with Crippen LogP contribution in [0.15, 0.2) is 0 Å². The maximum Gasteiger partial charge on any atom is 0.0623 e. The summed E-state index contributed by atoms with van der Waals surface area (Å²) >= 11 is 0. The molecule has 1 atom stereocenters. The monoisotopic (exact) mass is 228 g/mol. The van der Waals surface area contributed by atoms with Crippen molar-refractivity contribution in [2.45, 2.75) is 64.6 Å². The fraction of sp³-hybridized carbons (Fsp3) is 1.00. The van der Waals surface area contributed by atoms with Gasteiger partial charge in [-0.2, -0.15) is 0 Å². The summed E-state index contributed by atoms with van der Waals surface area (Å²) in [5.74, 6) is 0. The summed E-state index contributed by atoms with van der Waals surface area (Å²) in [5, 5.41) is 13.1. The van der Waals surface area contributed by atoms with E-state index in [-0.39, 0.29) is 17.7 Å². The molecule has 0 radical (unpaired) electrons. The van der Waals surface area contributed by atoms with Crippen LogP contribution >= 0.6 is 0 Å². The van der Waals surface area contributed by atoms with E-state index in [1.165, 1.54) is 12.8 Å². The van der Waals surface area contributed by atoms with Gasteiger partial charge >= 0.3 is 0 Å². The van der Waals surface area contributed by atoms with E-state index in [2.05, 4.69) is 44.8 Å². The average Bonchev–Trinajstić information content (AvgIpc) is 2.44. The van der Waals surface area contributed by atoms with Crippen LogP contribution < -0.4 is 5.32 Å². The third-order valence-corrected chi connectivity index (χ3v) is 3.60. The van der Waals surface area contributed by atoms with E-state index in [9.17, 15) is 5.11 Å². The van der Waals surface area contributed by atoms with Crippen molar-refractivity contribution in [2.24, 2.45) is 0 Å². The summed E-state index contributed by atoms with van der Waals surface area (Å²) in [5.41, 5.74) is 0.102. The SMILES string of the molecule is CC(C)NC(C)(CO)CN1CCCC1(C)C. The first-order valence-electron chi connectivity index (χ1n) is 6.43. The first kappa shape index (κ1) is 13.9. The average molecular weight is 228 g/mol. The summed E-state index contributed by atoms with van der Waals surface area (Å²) < 4.78 is 0. The van der Waals surface area contributed by atoms with E-state index in [0.717, 1.165) is 13.1 Å². The van der Waals surface area contributed by atoms with Gasteiger partial charge in [0.1, 0.15) is 0 Å². The lowest BCUT2D eigenvalue weighted by atomic mass is 9.97. The summed E-state index contributed by atoms with van der Waals surface area (Å²) in [6.45, 7) is 13.2. The lowest BCUT2D eigenvalue weighted by Crippen LogP contribution is -2.58.